The van der Waals surface area contributed by atoms with E-state index in [0.29, 0.717) is 18.9 Å². The van der Waals surface area contributed by atoms with E-state index in [4.69, 9.17) is 11.0 Å². The Labute approximate surface area is 123 Å². The van der Waals surface area contributed by atoms with Crippen molar-refractivity contribution < 1.29 is 17.2 Å². The van der Waals surface area contributed by atoms with Crippen molar-refractivity contribution in [2.75, 3.05) is 0 Å². The SMILES string of the molecule is CC(C)(C)OC(N)=O.N#CCCC(=O)NC1CCCC1.[HH].[HH]. The lowest BCUT2D eigenvalue weighted by Gasteiger charge is -2.16. The highest BCUT2D eigenvalue weighted by atomic mass is 16.6. The van der Waals surface area contributed by atoms with Crippen molar-refractivity contribution in [3.63, 3.8) is 0 Å². The molecule has 0 saturated heterocycles. The van der Waals surface area contributed by atoms with Crippen LogP contribution in [0.3, 0.4) is 0 Å². The first-order chi connectivity index (χ1) is 9.24. The summed E-state index contributed by atoms with van der Waals surface area (Å²) >= 11 is 0. The molecule has 1 fully saturated rings. The molecule has 0 atom stereocenters. The number of nitrogens with two attached hydrogens (primary N) is 1. The Balaban J connectivity index is -0.000000323. The summed E-state index contributed by atoms with van der Waals surface area (Å²) in [6.07, 6.45) is 4.63. The van der Waals surface area contributed by atoms with Gasteiger partial charge in [-0.25, -0.2) is 4.79 Å². The summed E-state index contributed by atoms with van der Waals surface area (Å²) in [4.78, 5) is 21.1. The standard InChI is InChI=1S/C9H14N2O.C5H11NO2.2H2/c10-7-3-6-9(12)11-8-4-1-2-5-8;1-5(2,3)8-4(6)7;;/h8H,1-6H2,(H,11,12);1-3H3,(H2,6,7);2*1H. The Morgan fingerprint density at radius 2 is 1.95 bits per heavy atom. The van der Waals surface area contributed by atoms with Crippen molar-refractivity contribution >= 4 is 12.0 Å². The van der Waals surface area contributed by atoms with Crippen molar-refractivity contribution in [1.29, 1.82) is 5.26 Å². The number of rotatable bonds is 3. The Kier molecular flexibility index (Phi) is 8.37. The molecule has 0 aliphatic heterocycles. The highest BCUT2D eigenvalue weighted by Gasteiger charge is 2.16. The summed E-state index contributed by atoms with van der Waals surface area (Å²) in [5.74, 6) is 0.0310. The van der Waals surface area contributed by atoms with Gasteiger partial charge in [0.2, 0.25) is 5.91 Å². The molecule has 0 spiro atoms. The minimum Gasteiger partial charge on any atom is -0.444 e. The van der Waals surface area contributed by atoms with Gasteiger partial charge in [0.25, 0.3) is 0 Å². The topological polar surface area (TPSA) is 105 Å². The van der Waals surface area contributed by atoms with Crippen LogP contribution in [0.4, 0.5) is 4.79 Å². The molecule has 3 N–H and O–H groups in total. The number of hydrogen-bond donors (Lipinski definition) is 2. The van der Waals surface area contributed by atoms with Crippen LogP contribution >= 0.6 is 0 Å². The Hall–Kier alpha value is -1.77. The summed E-state index contributed by atoms with van der Waals surface area (Å²) in [6, 6.07) is 2.35. The van der Waals surface area contributed by atoms with E-state index in [-0.39, 0.29) is 8.76 Å². The summed E-state index contributed by atoms with van der Waals surface area (Å²) in [5, 5.41) is 11.2. The zero-order chi connectivity index (χ0) is 15.6. The van der Waals surface area contributed by atoms with Gasteiger partial charge < -0.3 is 15.8 Å². The van der Waals surface area contributed by atoms with Gasteiger partial charge in [0.15, 0.2) is 0 Å². The highest BCUT2D eigenvalue weighted by Crippen LogP contribution is 2.17. The highest BCUT2D eigenvalue weighted by molar-refractivity contribution is 5.76. The van der Waals surface area contributed by atoms with Gasteiger partial charge >= 0.3 is 6.09 Å². The maximum absolute atomic E-state index is 11.1. The summed E-state index contributed by atoms with van der Waals surface area (Å²) < 4.78 is 4.58. The summed E-state index contributed by atoms with van der Waals surface area (Å²) in [7, 11) is 0. The fourth-order valence-corrected chi connectivity index (χ4v) is 1.84. The van der Waals surface area contributed by atoms with Crippen molar-refractivity contribution in [3.8, 4) is 6.07 Å². The second-order valence-corrected chi connectivity index (χ2v) is 5.74. The molecule has 0 heterocycles. The molecule has 0 aromatic carbocycles. The third-order valence-corrected chi connectivity index (χ3v) is 2.59. The number of nitrogens with zero attached hydrogens (tertiary/aromatic N) is 1. The lowest BCUT2D eigenvalue weighted by atomic mass is 10.2. The van der Waals surface area contributed by atoms with E-state index < -0.39 is 11.7 Å². The number of carbonyl (C=O) groups excluding carboxylic acids is 2. The summed E-state index contributed by atoms with van der Waals surface area (Å²) in [5.41, 5.74) is 4.26. The molecule has 0 aromatic heterocycles. The number of primary amides is 1. The molecule has 1 aliphatic carbocycles. The van der Waals surface area contributed by atoms with Gasteiger partial charge in [0.05, 0.1) is 6.07 Å². The van der Waals surface area contributed by atoms with Crippen LogP contribution in [-0.4, -0.2) is 23.6 Å². The van der Waals surface area contributed by atoms with E-state index in [1.54, 1.807) is 20.8 Å². The zero-order valence-corrected chi connectivity index (χ0v) is 12.6. The largest absolute Gasteiger partial charge is 0.444 e. The average Bonchev–Trinajstić information content (AvgIpc) is 2.76. The number of nitriles is 1. The van der Waals surface area contributed by atoms with Crippen LogP contribution in [0.1, 0.15) is 62.1 Å². The molecule has 1 saturated carbocycles. The quantitative estimate of drug-likeness (QED) is 0.832. The van der Waals surface area contributed by atoms with Crippen LogP contribution in [0, 0.1) is 11.3 Å². The van der Waals surface area contributed by atoms with Gasteiger partial charge in [-0.15, -0.1) is 0 Å². The molecule has 118 valence electrons. The number of hydrogen-bond acceptors (Lipinski definition) is 4. The van der Waals surface area contributed by atoms with E-state index in [1.807, 2.05) is 6.07 Å². The second-order valence-electron chi connectivity index (χ2n) is 5.74. The van der Waals surface area contributed by atoms with Gasteiger partial charge in [-0.05, 0) is 33.6 Å². The van der Waals surface area contributed by atoms with Crippen molar-refractivity contribution in [2.45, 2.75) is 70.9 Å². The number of ether oxygens (including phenoxy) is 1. The van der Waals surface area contributed by atoms with Gasteiger partial charge in [0, 0.05) is 21.7 Å². The molecule has 0 radical (unpaired) electrons. The van der Waals surface area contributed by atoms with Crippen molar-refractivity contribution in [2.24, 2.45) is 5.73 Å². The minimum absolute atomic E-state index is 0. The molecular weight excluding hydrogens is 258 g/mol. The lowest BCUT2D eigenvalue weighted by Crippen LogP contribution is -2.32. The molecule has 0 bridgehead atoms. The van der Waals surface area contributed by atoms with E-state index in [0.717, 1.165) is 12.8 Å². The van der Waals surface area contributed by atoms with E-state index in [2.05, 4.69) is 10.1 Å². The van der Waals surface area contributed by atoms with Crippen LogP contribution in [0.25, 0.3) is 0 Å². The van der Waals surface area contributed by atoms with Crippen LogP contribution in [0.15, 0.2) is 0 Å². The third kappa shape index (κ3) is 11.3. The Morgan fingerprint density at radius 3 is 2.30 bits per heavy atom. The van der Waals surface area contributed by atoms with Crippen LogP contribution in [0.2, 0.25) is 0 Å². The maximum Gasteiger partial charge on any atom is 0.405 e. The van der Waals surface area contributed by atoms with Gasteiger partial charge in [-0.1, -0.05) is 12.8 Å². The van der Waals surface area contributed by atoms with Gasteiger partial charge in [-0.3, -0.25) is 4.79 Å². The van der Waals surface area contributed by atoms with Gasteiger partial charge in [0.1, 0.15) is 5.60 Å². The monoisotopic (exact) mass is 287 g/mol. The minimum atomic E-state index is -0.725. The number of nitrogens with one attached hydrogen (secondary N) is 1. The molecule has 0 aromatic rings. The van der Waals surface area contributed by atoms with Crippen LogP contribution < -0.4 is 11.1 Å². The van der Waals surface area contributed by atoms with E-state index in [9.17, 15) is 9.59 Å². The Bertz CT molecular complexity index is 359. The molecular formula is C14H29N3O3. The molecule has 0 unspecified atom stereocenters. The van der Waals surface area contributed by atoms with Crippen LogP contribution in [-0.2, 0) is 9.53 Å². The maximum atomic E-state index is 11.1. The normalized spacial score (nSPS) is 14.7. The first kappa shape index (κ1) is 18.2. The first-order valence-electron chi connectivity index (χ1n) is 6.89. The second kappa shape index (κ2) is 9.18. The molecule has 20 heavy (non-hydrogen) atoms. The van der Waals surface area contributed by atoms with Crippen molar-refractivity contribution in [3.05, 3.63) is 0 Å². The third-order valence-electron chi connectivity index (χ3n) is 2.59. The van der Waals surface area contributed by atoms with Crippen molar-refractivity contribution in [1.82, 2.24) is 5.32 Å². The van der Waals surface area contributed by atoms with E-state index in [1.165, 1.54) is 12.8 Å². The first-order valence-corrected chi connectivity index (χ1v) is 6.89. The lowest BCUT2D eigenvalue weighted by molar-refractivity contribution is -0.121. The van der Waals surface area contributed by atoms with Gasteiger partial charge in [-0.2, -0.15) is 5.26 Å². The smallest absolute Gasteiger partial charge is 0.405 e. The number of carbonyl (C=O) groups is 2. The number of amides is 2. The van der Waals surface area contributed by atoms with E-state index >= 15 is 0 Å². The summed E-state index contributed by atoms with van der Waals surface area (Å²) in [6.45, 7) is 5.28. The molecule has 6 heteroatoms. The Morgan fingerprint density at radius 1 is 1.40 bits per heavy atom. The predicted octanol–water partition coefficient (Wildman–Crippen LogP) is 2.72. The zero-order valence-electron chi connectivity index (χ0n) is 12.6. The average molecular weight is 287 g/mol. The molecule has 2 amide bonds. The predicted molar refractivity (Wildman–Crippen MR) is 79.9 cm³/mol. The van der Waals surface area contributed by atoms with Crippen LogP contribution in [0.5, 0.6) is 0 Å². The molecule has 1 aliphatic rings. The fourth-order valence-electron chi connectivity index (χ4n) is 1.84. The fraction of sp³-hybridized carbons (Fsp3) is 0.786. The molecule has 1 rings (SSSR count). The molecule has 6 nitrogen and oxygen atoms in total.